The monoisotopic (exact) mass is 256 g/mol. The van der Waals surface area contributed by atoms with Gasteiger partial charge in [0.15, 0.2) is 0 Å². The Morgan fingerprint density at radius 2 is 2.11 bits per heavy atom. The smallest absolute Gasteiger partial charge is 0.340 e. The first-order valence-electron chi connectivity index (χ1n) is 5.57. The maximum atomic E-state index is 13.2. The molecule has 0 aliphatic rings. The largest absolute Gasteiger partial charge is 0.478 e. The molecule has 0 heterocycles. The summed E-state index contributed by atoms with van der Waals surface area (Å²) in [6.45, 7) is 3.84. The van der Waals surface area contributed by atoms with E-state index in [0.29, 0.717) is 0 Å². The van der Waals surface area contributed by atoms with Crippen LogP contribution in [0.5, 0.6) is 0 Å². The van der Waals surface area contributed by atoms with Crippen molar-refractivity contribution in [3.05, 3.63) is 23.5 Å². The van der Waals surface area contributed by atoms with Crippen LogP contribution in [0.15, 0.2) is 12.1 Å². The van der Waals surface area contributed by atoms with Gasteiger partial charge in [0.2, 0.25) is 0 Å². The highest BCUT2D eigenvalue weighted by Crippen LogP contribution is 2.25. The average Bonchev–Trinajstić information content (AvgIpc) is 2.29. The van der Waals surface area contributed by atoms with Crippen LogP contribution in [0.25, 0.3) is 0 Å². The van der Waals surface area contributed by atoms with Crippen LogP contribution in [0.2, 0.25) is 0 Å². The van der Waals surface area contributed by atoms with Gasteiger partial charge >= 0.3 is 5.97 Å². The third-order valence-corrected chi connectivity index (χ3v) is 2.68. The zero-order chi connectivity index (χ0) is 13.9. The lowest BCUT2D eigenvalue weighted by Crippen LogP contribution is -2.25. The molecule has 100 valence electrons. The molecule has 0 fully saturated rings. The van der Waals surface area contributed by atoms with E-state index < -0.39 is 23.6 Å². The van der Waals surface area contributed by atoms with Gasteiger partial charge in [0.05, 0.1) is 17.5 Å². The molecule has 1 rings (SSSR count). The number of carboxylic acids is 1. The first kappa shape index (κ1) is 14.2. The Hall–Kier alpha value is -1.82. The number of hydrogen-bond donors (Lipinski definition) is 4. The molecule has 6 heteroatoms. The SMILES string of the molecule is CC(C)C(O)CNc1ccc(F)c(N)c1C(=O)O. The fourth-order valence-electron chi connectivity index (χ4n) is 1.42. The van der Waals surface area contributed by atoms with Crippen LogP contribution < -0.4 is 11.1 Å². The Balaban J connectivity index is 2.96. The molecule has 0 bridgehead atoms. The van der Waals surface area contributed by atoms with Crippen molar-refractivity contribution in [1.82, 2.24) is 0 Å². The summed E-state index contributed by atoms with van der Waals surface area (Å²) >= 11 is 0. The highest BCUT2D eigenvalue weighted by molar-refractivity contribution is 6.00. The van der Waals surface area contributed by atoms with Crippen LogP contribution in [-0.4, -0.2) is 28.8 Å². The second-order valence-corrected chi connectivity index (χ2v) is 4.38. The van der Waals surface area contributed by atoms with Crippen LogP contribution in [-0.2, 0) is 0 Å². The first-order chi connectivity index (χ1) is 8.34. The van der Waals surface area contributed by atoms with Crippen LogP contribution in [0.3, 0.4) is 0 Å². The van der Waals surface area contributed by atoms with Crippen molar-refractivity contribution in [1.29, 1.82) is 0 Å². The van der Waals surface area contributed by atoms with E-state index in [-0.39, 0.29) is 23.7 Å². The summed E-state index contributed by atoms with van der Waals surface area (Å²) in [4.78, 5) is 11.0. The second-order valence-electron chi connectivity index (χ2n) is 4.38. The Bertz CT molecular complexity index is 449. The number of benzene rings is 1. The van der Waals surface area contributed by atoms with Gasteiger partial charge in [-0.1, -0.05) is 13.8 Å². The van der Waals surface area contributed by atoms with Gasteiger partial charge in [-0.15, -0.1) is 0 Å². The van der Waals surface area contributed by atoms with Crippen molar-refractivity contribution in [2.45, 2.75) is 20.0 Å². The van der Waals surface area contributed by atoms with E-state index in [4.69, 9.17) is 10.8 Å². The predicted octanol–water partition coefficient (Wildman–Crippen LogP) is 1.53. The van der Waals surface area contributed by atoms with Crippen molar-refractivity contribution in [3.63, 3.8) is 0 Å². The van der Waals surface area contributed by atoms with Crippen molar-refractivity contribution < 1.29 is 19.4 Å². The normalized spacial score (nSPS) is 12.5. The van der Waals surface area contributed by atoms with Crippen molar-refractivity contribution >= 4 is 17.3 Å². The summed E-state index contributed by atoms with van der Waals surface area (Å²) in [5.41, 5.74) is 4.86. The number of rotatable bonds is 5. The van der Waals surface area contributed by atoms with Gasteiger partial charge in [0, 0.05) is 6.54 Å². The molecule has 5 nitrogen and oxygen atoms in total. The molecule has 1 atom stereocenters. The summed E-state index contributed by atoms with van der Waals surface area (Å²) in [6, 6.07) is 2.38. The van der Waals surface area contributed by atoms with Crippen LogP contribution in [0.4, 0.5) is 15.8 Å². The minimum absolute atomic E-state index is 0.0311. The summed E-state index contributed by atoms with van der Waals surface area (Å²) < 4.78 is 13.2. The number of aliphatic hydroxyl groups is 1. The maximum absolute atomic E-state index is 13.2. The Kier molecular flexibility index (Phi) is 4.49. The van der Waals surface area contributed by atoms with E-state index in [0.717, 1.165) is 6.07 Å². The molecular formula is C12H17FN2O3. The van der Waals surface area contributed by atoms with E-state index >= 15 is 0 Å². The van der Waals surface area contributed by atoms with E-state index in [9.17, 15) is 14.3 Å². The molecule has 0 aromatic heterocycles. The molecule has 0 saturated carbocycles. The summed E-state index contributed by atoms with van der Waals surface area (Å²) in [5, 5.41) is 21.4. The molecule has 0 amide bonds. The summed E-state index contributed by atoms with van der Waals surface area (Å²) in [6.07, 6.45) is -0.627. The standard InChI is InChI=1S/C12H17FN2O3/c1-6(2)9(16)5-15-8-4-3-7(13)11(14)10(8)12(17)18/h3-4,6,9,15-16H,5,14H2,1-2H3,(H,17,18). The third kappa shape index (κ3) is 3.10. The van der Waals surface area contributed by atoms with Gasteiger partial charge in [-0.05, 0) is 18.1 Å². The zero-order valence-electron chi connectivity index (χ0n) is 10.3. The lowest BCUT2D eigenvalue weighted by molar-refractivity contribution is 0.0698. The Morgan fingerprint density at radius 3 is 2.61 bits per heavy atom. The fourth-order valence-corrected chi connectivity index (χ4v) is 1.42. The number of carboxylic acid groups (broad SMARTS) is 1. The number of aliphatic hydroxyl groups excluding tert-OH is 1. The number of hydrogen-bond acceptors (Lipinski definition) is 4. The molecule has 1 unspecified atom stereocenters. The number of aromatic carboxylic acids is 1. The van der Waals surface area contributed by atoms with E-state index in [1.54, 1.807) is 0 Å². The van der Waals surface area contributed by atoms with Crippen LogP contribution in [0, 0.1) is 11.7 Å². The lowest BCUT2D eigenvalue weighted by atomic mass is 10.1. The van der Waals surface area contributed by atoms with Crippen LogP contribution in [0.1, 0.15) is 24.2 Å². The first-order valence-corrected chi connectivity index (χ1v) is 5.57. The Morgan fingerprint density at radius 1 is 1.50 bits per heavy atom. The van der Waals surface area contributed by atoms with E-state index in [1.165, 1.54) is 6.07 Å². The molecule has 18 heavy (non-hydrogen) atoms. The molecule has 0 radical (unpaired) electrons. The van der Waals surface area contributed by atoms with Crippen molar-refractivity contribution in [3.8, 4) is 0 Å². The van der Waals surface area contributed by atoms with Gasteiger partial charge in [0.25, 0.3) is 0 Å². The number of nitrogens with two attached hydrogens (primary N) is 1. The summed E-state index contributed by atoms with van der Waals surface area (Å²) in [7, 11) is 0. The highest BCUT2D eigenvalue weighted by atomic mass is 19.1. The third-order valence-electron chi connectivity index (χ3n) is 2.68. The van der Waals surface area contributed by atoms with Gasteiger partial charge < -0.3 is 21.3 Å². The minimum Gasteiger partial charge on any atom is -0.478 e. The fraction of sp³-hybridized carbons (Fsp3) is 0.417. The van der Waals surface area contributed by atoms with Gasteiger partial charge in [0.1, 0.15) is 11.4 Å². The van der Waals surface area contributed by atoms with Crippen molar-refractivity contribution in [2.24, 2.45) is 5.92 Å². The van der Waals surface area contributed by atoms with E-state index in [1.807, 2.05) is 13.8 Å². The average molecular weight is 256 g/mol. The molecule has 5 N–H and O–H groups in total. The number of nitrogen functional groups attached to an aromatic ring is 1. The van der Waals surface area contributed by atoms with Gasteiger partial charge in [-0.3, -0.25) is 0 Å². The quantitative estimate of drug-likeness (QED) is 0.599. The molecule has 0 aliphatic carbocycles. The zero-order valence-corrected chi connectivity index (χ0v) is 10.3. The van der Waals surface area contributed by atoms with Gasteiger partial charge in [-0.2, -0.15) is 0 Å². The minimum atomic E-state index is -1.31. The molecular weight excluding hydrogens is 239 g/mol. The topological polar surface area (TPSA) is 95.6 Å². The van der Waals surface area contributed by atoms with Crippen LogP contribution >= 0.6 is 0 Å². The molecule has 0 spiro atoms. The molecule has 1 aromatic carbocycles. The number of anilines is 2. The highest BCUT2D eigenvalue weighted by Gasteiger charge is 2.18. The number of carbonyl (C=O) groups is 1. The van der Waals surface area contributed by atoms with Crippen molar-refractivity contribution in [2.75, 3.05) is 17.6 Å². The number of nitrogens with one attached hydrogen (secondary N) is 1. The Labute approximate surface area is 104 Å². The molecule has 0 aliphatic heterocycles. The maximum Gasteiger partial charge on any atom is 0.340 e. The van der Waals surface area contributed by atoms with Gasteiger partial charge in [-0.25, -0.2) is 9.18 Å². The molecule has 1 aromatic rings. The molecule has 0 saturated heterocycles. The predicted molar refractivity (Wildman–Crippen MR) is 67.1 cm³/mol. The second kappa shape index (κ2) is 5.68. The summed E-state index contributed by atoms with van der Waals surface area (Å²) in [5.74, 6) is -2.06. The number of halogens is 1. The lowest BCUT2D eigenvalue weighted by Gasteiger charge is -2.17. The van der Waals surface area contributed by atoms with E-state index in [2.05, 4.69) is 5.32 Å².